The summed E-state index contributed by atoms with van der Waals surface area (Å²) in [4.78, 5) is 44.2. The molecule has 3 aromatic heterocycles. The Bertz CT molecular complexity index is 1670. The number of aromatic nitrogens is 5. The highest BCUT2D eigenvalue weighted by Gasteiger charge is 2.23. The van der Waals surface area contributed by atoms with Gasteiger partial charge in [0, 0.05) is 44.3 Å². The van der Waals surface area contributed by atoms with Crippen molar-refractivity contribution in [2.24, 2.45) is 12.8 Å². The zero-order valence-corrected chi connectivity index (χ0v) is 19.0. The maximum Gasteiger partial charge on any atom is 0.332 e. The molecular formula is C24H23N7O3. The maximum absolute atomic E-state index is 13.3. The van der Waals surface area contributed by atoms with Gasteiger partial charge in [0.25, 0.3) is 5.56 Å². The minimum Gasteiger partial charge on any atom is -0.378 e. The third-order valence-electron chi connectivity index (χ3n) is 5.86. The summed E-state index contributed by atoms with van der Waals surface area (Å²) >= 11 is 0. The van der Waals surface area contributed by atoms with Crippen molar-refractivity contribution < 1.29 is 4.79 Å². The molecule has 2 N–H and O–H groups in total. The second-order valence-corrected chi connectivity index (χ2v) is 8.28. The summed E-state index contributed by atoms with van der Waals surface area (Å²) in [6.45, 7) is -0.507. The van der Waals surface area contributed by atoms with Crippen LogP contribution in [0.3, 0.4) is 0 Å². The highest BCUT2D eigenvalue weighted by Crippen LogP contribution is 2.29. The van der Waals surface area contributed by atoms with Gasteiger partial charge in [-0.3, -0.25) is 23.1 Å². The molecule has 0 atom stereocenters. The smallest absolute Gasteiger partial charge is 0.332 e. The number of hydrogen-bond donors (Lipinski definition) is 1. The number of amides is 1. The number of rotatable bonds is 5. The van der Waals surface area contributed by atoms with Crippen molar-refractivity contribution in [1.29, 1.82) is 0 Å². The highest BCUT2D eigenvalue weighted by molar-refractivity contribution is 5.80. The Hall–Kier alpha value is -4.60. The van der Waals surface area contributed by atoms with Gasteiger partial charge >= 0.3 is 5.69 Å². The summed E-state index contributed by atoms with van der Waals surface area (Å²) in [5, 5.41) is 0. The van der Waals surface area contributed by atoms with E-state index in [-0.39, 0.29) is 11.2 Å². The SMILES string of the molecule is CN(C)c1ccc(-n2c(-c3ccccc3)cn3c4c(=O)n(CC(N)=O)c(=O)n(C)c4nc23)cc1. The minimum absolute atomic E-state index is 0.194. The zero-order valence-electron chi connectivity index (χ0n) is 19.0. The molecule has 0 saturated carbocycles. The lowest BCUT2D eigenvalue weighted by Crippen LogP contribution is -2.42. The molecule has 0 aliphatic rings. The molecule has 10 heteroatoms. The Balaban J connectivity index is 1.89. The lowest BCUT2D eigenvalue weighted by atomic mass is 10.1. The van der Waals surface area contributed by atoms with Crippen LogP contribution < -0.4 is 21.9 Å². The first-order chi connectivity index (χ1) is 16.3. The Kier molecular flexibility index (Phi) is 4.85. The van der Waals surface area contributed by atoms with Crippen LogP contribution in [0.25, 0.3) is 33.9 Å². The van der Waals surface area contributed by atoms with E-state index in [0.29, 0.717) is 5.78 Å². The molecule has 0 aliphatic carbocycles. The van der Waals surface area contributed by atoms with E-state index in [0.717, 1.165) is 27.2 Å². The summed E-state index contributed by atoms with van der Waals surface area (Å²) in [6, 6.07) is 17.7. The van der Waals surface area contributed by atoms with Crippen LogP contribution in [0.15, 0.2) is 70.4 Å². The van der Waals surface area contributed by atoms with Gasteiger partial charge in [-0.15, -0.1) is 0 Å². The van der Waals surface area contributed by atoms with Crippen LogP contribution in [0.2, 0.25) is 0 Å². The van der Waals surface area contributed by atoms with E-state index < -0.39 is 23.7 Å². The fourth-order valence-corrected chi connectivity index (χ4v) is 4.16. The van der Waals surface area contributed by atoms with Crippen LogP contribution in [0, 0.1) is 0 Å². The first-order valence-corrected chi connectivity index (χ1v) is 10.6. The van der Waals surface area contributed by atoms with Gasteiger partial charge in [0.2, 0.25) is 11.7 Å². The fraction of sp³-hybridized carbons (Fsp3) is 0.167. The monoisotopic (exact) mass is 457 g/mol. The summed E-state index contributed by atoms with van der Waals surface area (Å²) in [5.41, 5.74) is 8.06. The maximum atomic E-state index is 13.3. The second kappa shape index (κ2) is 7.77. The van der Waals surface area contributed by atoms with Crippen molar-refractivity contribution >= 4 is 28.5 Å². The Morgan fingerprint density at radius 2 is 1.71 bits per heavy atom. The van der Waals surface area contributed by atoms with E-state index >= 15 is 0 Å². The third-order valence-corrected chi connectivity index (χ3v) is 5.86. The van der Waals surface area contributed by atoms with E-state index in [1.54, 1.807) is 4.40 Å². The lowest BCUT2D eigenvalue weighted by Gasteiger charge is -2.14. The van der Waals surface area contributed by atoms with Crippen LogP contribution in [0.4, 0.5) is 5.69 Å². The quantitative estimate of drug-likeness (QED) is 0.428. The summed E-state index contributed by atoms with van der Waals surface area (Å²) in [6.07, 6.45) is 1.82. The molecule has 34 heavy (non-hydrogen) atoms. The molecule has 0 spiro atoms. The van der Waals surface area contributed by atoms with Crippen LogP contribution >= 0.6 is 0 Å². The number of imidazole rings is 2. The Morgan fingerprint density at radius 3 is 2.32 bits per heavy atom. The van der Waals surface area contributed by atoms with Gasteiger partial charge in [0.05, 0.1) is 5.69 Å². The van der Waals surface area contributed by atoms with Gasteiger partial charge in [-0.1, -0.05) is 30.3 Å². The molecule has 0 bridgehead atoms. The number of nitrogens with two attached hydrogens (primary N) is 1. The molecule has 1 amide bonds. The zero-order chi connectivity index (χ0) is 24.1. The molecular weight excluding hydrogens is 434 g/mol. The summed E-state index contributed by atoms with van der Waals surface area (Å²) in [5.74, 6) is -0.307. The average Bonchev–Trinajstić information content (AvgIpc) is 3.37. The number of fused-ring (bicyclic) bond motifs is 3. The van der Waals surface area contributed by atoms with Gasteiger partial charge in [0.15, 0.2) is 11.2 Å². The van der Waals surface area contributed by atoms with Gasteiger partial charge in [0.1, 0.15) is 6.54 Å². The molecule has 3 heterocycles. The number of carbonyl (C=O) groups excluding carboxylic acids is 1. The standard InChI is InChI=1S/C24H23N7O3/c1-27(2)16-9-11-17(12-10-16)31-18(15-7-5-4-6-8-15)13-29-20-21(26-23(29)31)28(3)24(34)30(22(20)33)14-19(25)32/h4-13H,14H2,1-3H3,(H2,25,32). The fourth-order valence-electron chi connectivity index (χ4n) is 4.16. The van der Waals surface area contributed by atoms with Crippen molar-refractivity contribution in [3.8, 4) is 16.9 Å². The molecule has 172 valence electrons. The van der Waals surface area contributed by atoms with Crippen molar-refractivity contribution in [3.63, 3.8) is 0 Å². The molecule has 0 unspecified atom stereocenters. The van der Waals surface area contributed by atoms with Crippen LogP contribution in [-0.2, 0) is 18.4 Å². The average molecular weight is 457 g/mol. The van der Waals surface area contributed by atoms with Crippen molar-refractivity contribution in [2.45, 2.75) is 6.54 Å². The molecule has 10 nitrogen and oxygen atoms in total. The predicted molar refractivity (Wildman–Crippen MR) is 130 cm³/mol. The van der Waals surface area contributed by atoms with Gasteiger partial charge < -0.3 is 10.6 Å². The Labute approximate surface area is 193 Å². The summed E-state index contributed by atoms with van der Waals surface area (Å²) < 4.78 is 5.70. The van der Waals surface area contributed by atoms with E-state index in [1.165, 1.54) is 11.6 Å². The van der Waals surface area contributed by atoms with Crippen molar-refractivity contribution in [3.05, 3.63) is 81.6 Å². The molecule has 5 rings (SSSR count). The Morgan fingerprint density at radius 1 is 1.03 bits per heavy atom. The largest absolute Gasteiger partial charge is 0.378 e. The van der Waals surface area contributed by atoms with E-state index in [4.69, 9.17) is 5.73 Å². The van der Waals surface area contributed by atoms with Gasteiger partial charge in [-0.2, -0.15) is 4.98 Å². The van der Waals surface area contributed by atoms with Crippen LogP contribution in [-0.4, -0.2) is 43.1 Å². The number of carbonyl (C=O) groups is 1. The molecule has 0 radical (unpaired) electrons. The number of anilines is 1. The molecule has 0 saturated heterocycles. The van der Waals surface area contributed by atoms with Gasteiger partial charge in [-0.25, -0.2) is 9.36 Å². The molecule has 0 aliphatic heterocycles. The number of hydrogen-bond acceptors (Lipinski definition) is 5. The normalized spacial score (nSPS) is 11.4. The van der Waals surface area contributed by atoms with E-state index in [9.17, 15) is 14.4 Å². The van der Waals surface area contributed by atoms with E-state index in [2.05, 4.69) is 4.98 Å². The highest BCUT2D eigenvalue weighted by atomic mass is 16.2. The number of nitrogens with zero attached hydrogens (tertiary/aromatic N) is 6. The first kappa shape index (κ1) is 21.3. The minimum atomic E-state index is -0.775. The van der Waals surface area contributed by atoms with Crippen molar-refractivity contribution in [1.82, 2.24) is 23.1 Å². The molecule has 2 aromatic carbocycles. The lowest BCUT2D eigenvalue weighted by molar-refractivity contribution is -0.118. The van der Waals surface area contributed by atoms with Crippen molar-refractivity contribution in [2.75, 3.05) is 19.0 Å². The number of aryl methyl sites for hydroxylation is 1. The summed E-state index contributed by atoms with van der Waals surface area (Å²) in [7, 11) is 5.46. The van der Waals surface area contributed by atoms with Crippen LogP contribution in [0.1, 0.15) is 0 Å². The van der Waals surface area contributed by atoms with E-state index in [1.807, 2.05) is 84.4 Å². The third kappa shape index (κ3) is 3.19. The number of benzene rings is 2. The van der Waals surface area contributed by atoms with Crippen LogP contribution in [0.5, 0.6) is 0 Å². The second-order valence-electron chi connectivity index (χ2n) is 8.28. The van der Waals surface area contributed by atoms with Gasteiger partial charge in [-0.05, 0) is 24.3 Å². The molecule has 5 aromatic rings. The number of primary amides is 1. The predicted octanol–water partition coefficient (Wildman–Crippen LogP) is 1.36. The molecule has 0 fully saturated rings. The first-order valence-electron chi connectivity index (χ1n) is 10.6. The topological polar surface area (TPSA) is 113 Å².